The van der Waals surface area contributed by atoms with Crippen LogP contribution in [-0.2, 0) is 0 Å². The van der Waals surface area contributed by atoms with Gasteiger partial charge in [-0.1, -0.05) is 0 Å². The van der Waals surface area contributed by atoms with Crippen molar-refractivity contribution in [1.82, 2.24) is 0 Å². The zero-order valence-electron chi connectivity index (χ0n) is 14.8. The predicted octanol–water partition coefficient (Wildman–Crippen LogP) is 6.76. The summed E-state index contributed by atoms with van der Waals surface area (Å²) in [6, 6.07) is 0. The van der Waals surface area contributed by atoms with Gasteiger partial charge in [0.1, 0.15) is 0 Å². The van der Waals surface area contributed by atoms with E-state index in [9.17, 15) is 0 Å². The molecule has 118 valence electrons. The molecule has 0 nitrogen and oxygen atoms in total. The molecule has 0 heterocycles. The first-order valence-corrected chi connectivity index (χ1v) is 12.1. The molecule has 0 N–H and O–H groups in total. The molecule has 0 aliphatic heterocycles. The Hall–Kier alpha value is 0.430. The minimum atomic E-state index is -1.47. The van der Waals surface area contributed by atoms with Crippen LogP contribution in [0.2, 0.25) is 0 Å². The number of rotatable bonds is 12. The van der Waals surface area contributed by atoms with Crippen LogP contribution in [0.5, 0.6) is 0 Å². The van der Waals surface area contributed by atoms with Gasteiger partial charge in [0, 0.05) is 0 Å². The zero-order valence-corrected chi connectivity index (χ0v) is 15.7. The van der Waals surface area contributed by atoms with Crippen LogP contribution in [0.3, 0.4) is 0 Å². The van der Waals surface area contributed by atoms with E-state index >= 15 is 0 Å². The SMILES string of the molecule is CCCCP(CC)(CCCC)(CCCC)C(C)CC. The van der Waals surface area contributed by atoms with Gasteiger partial charge in [-0.2, -0.15) is 0 Å². The van der Waals surface area contributed by atoms with Gasteiger partial charge in [-0.25, -0.2) is 0 Å². The molecule has 1 unspecified atom stereocenters. The van der Waals surface area contributed by atoms with Crippen molar-refractivity contribution in [3.8, 4) is 0 Å². The van der Waals surface area contributed by atoms with Crippen LogP contribution in [-0.4, -0.2) is 30.3 Å². The van der Waals surface area contributed by atoms with E-state index < -0.39 is 6.60 Å². The predicted molar refractivity (Wildman–Crippen MR) is 96.5 cm³/mol. The Morgan fingerprint density at radius 1 is 0.684 bits per heavy atom. The van der Waals surface area contributed by atoms with Crippen LogP contribution in [0.1, 0.15) is 86.5 Å². The van der Waals surface area contributed by atoms with Crippen molar-refractivity contribution in [2.24, 2.45) is 0 Å². The molecule has 0 aromatic heterocycles. The van der Waals surface area contributed by atoms with Crippen molar-refractivity contribution in [3.63, 3.8) is 0 Å². The van der Waals surface area contributed by atoms with Crippen LogP contribution >= 0.6 is 6.60 Å². The van der Waals surface area contributed by atoms with Crippen molar-refractivity contribution in [3.05, 3.63) is 0 Å². The fourth-order valence-corrected chi connectivity index (χ4v) is 12.2. The molecule has 1 heteroatoms. The summed E-state index contributed by atoms with van der Waals surface area (Å²) < 4.78 is 0. The third kappa shape index (κ3) is 4.73. The Morgan fingerprint density at radius 3 is 1.26 bits per heavy atom. The molecule has 19 heavy (non-hydrogen) atoms. The minimum absolute atomic E-state index is 1.00. The van der Waals surface area contributed by atoms with E-state index in [-0.39, 0.29) is 0 Å². The normalized spacial score (nSPS) is 16.0. The Kier molecular flexibility index (Phi) is 9.59. The second kappa shape index (κ2) is 9.38. The molecule has 0 amide bonds. The van der Waals surface area contributed by atoms with Gasteiger partial charge in [-0.3, -0.25) is 0 Å². The fourth-order valence-electron chi connectivity index (χ4n) is 4.05. The van der Waals surface area contributed by atoms with Gasteiger partial charge >= 0.3 is 123 Å². The maximum absolute atomic E-state index is 2.60. The Morgan fingerprint density at radius 2 is 1.05 bits per heavy atom. The van der Waals surface area contributed by atoms with Gasteiger partial charge in [-0.15, -0.1) is 0 Å². The Balaban J connectivity index is 5.35. The molecule has 0 saturated carbocycles. The van der Waals surface area contributed by atoms with E-state index in [1.54, 1.807) is 18.5 Å². The molecule has 0 bridgehead atoms. The zero-order chi connectivity index (χ0) is 14.8. The van der Waals surface area contributed by atoms with Crippen LogP contribution in [0, 0.1) is 0 Å². The van der Waals surface area contributed by atoms with Crippen molar-refractivity contribution in [1.29, 1.82) is 0 Å². The van der Waals surface area contributed by atoms with Gasteiger partial charge in [0.2, 0.25) is 0 Å². The molecule has 0 saturated heterocycles. The van der Waals surface area contributed by atoms with Crippen molar-refractivity contribution < 1.29 is 0 Å². The van der Waals surface area contributed by atoms with Gasteiger partial charge in [0.05, 0.1) is 0 Å². The Labute approximate surface area is 124 Å². The van der Waals surface area contributed by atoms with E-state index in [4.69, 9.17) is 0 Å². The maximum atomic E-state index is 2.60. The molecule has 0 aliphatic carbocycles. The molecular formula is C18H41P. The molecular weight excluding hydrogens is 247 g/mol. The summed E-state index contributed by atoms with van der Waals surface area (Å²) in [5.41, 5.74) is 1.00. The standard InChI is InChI=1S/C18H41P/c1-7-12-15-19(11-5,16-13-8-2,17-14-9-3)18(6)10-4/h18H,7-17H2,1-6H3. The van der Waals surface area contributed by atoms with Crippen molar-refractivity contribution >= 4 is 6.60 Å². The molecule has 0 fully saturated rings. The number of unbranched alkanes of at least 4 members (excludes halogenated alkanes) is 3. The fraction of sp³-hybridized carbons (Fsp3) is 1.00. The van der Waals surface area contributed by atoms with Crippen molar-refractivity contribution in [2.45, 2.75) is 92.1 Å². The van der Waals surface area contributed by atoms with Crippen molar-refractivity contribution in [2.75, 3.05) is 24.6 Å². The third-order valence-electron chi connectivity index (χ3n) is 6.04. The molecule has 1 atom stereocenters. The monoisotopic (exact) mass is 288 g/mol. The first kappa shape index (κ1) is 19.4. The molecule has 0 spiro atoms. The average Bonchev–Trinajstić information content (AvgIpc) is 2.47. The Bertz CT molecular complexity index is 197. The second-order valence-corrected chi connectivity index (χ2v) is 13.9. The summed E-state index contributed by atoms with van der Waals surface area (Å²) in [4.78, 5) is 0. The topological polar surface area (TPSA) is 0 Å². The van der Waals surface area contributed by atoms with Gasteiger partial charge in [-0.05, 0) is 0 Å². The van der Waals surface area contributed by atoms with Gasteiger partial charge in [0.15, 0.2) is 0 Å². The van der Waals surface area contributed by atoms with Crippen LogP contribution in [0.25, 0.3) is 0 Å². The summed E-state index contributed by atoms with van der Waals surface area (Å²) in [7, 11) is 0. The van der Waals surface area contributed by atoms with E-state index in [2.05, 4.69) is 41.5 Å². The van der Waals surface area contributed by atoms with E-state index in [1.165, 1.54) is 51.1 Å². The quantitative estimate of drug-likeness (QED) is 0.348. The van der Waals surface area contributed by atoms with Crippen LogP contribution < -0.4 is 0 Å². The van der Waals surface area contributed by atoms with Crippen LogP contribution in [0.4, 0.5) is 0 Å². The third-order valence-corrected chi connectivity index (χ3v) is 15.2. The van der Waals surface area contributed by atoms with Gasteiger partial charge < -0.3 is 0 Å². The van der Waals surface area contributed by atoms with Crippen LogP contribution in [0.15, 0.2) is 0 Å². The second-order valence-electron chi connectivity index (χ2n) is 6.88. The van der Waals surface area contributed by atoms with E-state index in [0.29, 0.717) is 0 Å². The molecule has 0 radical (unpaired) electrons. The van der Waals surface area contributed by atoms with E-state index in [0.717, 1.165) is 5.66 Å². The average molecular weight is 288 g/mol. The first-order valence-electron chi connectivity index (χ1n) is 9.04. The molecule has 0 aliphatic rings. The van der Waals surface area contributed by atoms with Gasteiger partial charge in [0.25, 0.3) is 0 Å². The van der Waals surface area contributed by atoms with E-state index in [1.807, 2.05) is 0 Å². The summed E-state index contributed by atoms with van der Waals surface area (Å²) in [5, 5.41) is 0. The summed E-state index contributed by atoms with van der Waals surface area (Å²) in [6.07, 6.45) is 16.3. The molecule has 0 aromatic carbocycles. The molecule has 0 rings (SSSR count). The summed E-state index contributed by atoms with van der Waals surface area (Å²) in [6.45, 7) is 13.2. The number of hydrogen-bond acceptors (Lipinski definition) is 0. The summed E-state index contributed by atoms with van der Waals surface area (Å²) >= 11 is 0. The summed E-state index contributed by atoms with van der Waals surface area (Å²) in [5.74, 6) is 0. The number of hydrogen-bond donors (Lipinski definition) is 0. The molecule has 0 aromatic rings. The first-order chi connectivity index (χ1) is 9.04.